The first-order chi connectivity index (χ1) is 6.97. The summed E-state index contributed by atoms with van der Waals surface area (Å²) in [5, 5.41) is 0.0115. The maximum Gasteiger partial charge on any atom is 0.264 e. The zero-order chi connectivity index (χ0) is 11.6. The molecule has 15 heavy (non-hydrogen) atoms. The zero-order valence-electron chi connectivity index (χ0n) is 7.76. The Morgan fingerprint density at radius 3 is 2.47 bits per heavy atom. The highest BCUT2D eigenvalue weighted by Gasteiger charge is 2.20. The second kappa shape index (κ2) is 4.49. The second-order valence-corrected chi connectivity index (χ2v) is 3.37. The van der Waals surface area contributed by atoms with Crippen molar-refractivity contribution in [2.45, 2.75) is 13.3 Å². The van der Waals surface area contributed by atoms with Gasteiger partial charge in [0, 0.05) is 21.7 Å². The van der Waals surface area contributed by atoms with Gasteiger partial charge in [0.25, 0.3) is 6.43 Å². The first-order valence-corrected chi connectivity index (χ1v) is 4.43. The summed E-state index contributed by atoms with van der Waals surface area (Å²) < 4.78 is 25.1. The molecule has 0 radical (unpaired) electrons. The van der Waals surface area contributed by atoms with Gasteiger partial charge in [0.05, 0.1) is 0 Å². The molecule has 80 valence electrons. The number of hydrogen-bond donors (Lipinski definition) is 0. The van der Waals surface area contributed by atoms with E-state index in [0.29, 0.717) is 6.29 Å². The van der Waals surface area contributed by atoms with Gasteiger partial charge in [-0.3, -0.25) is 9.59 Å². The number of ketones is 1. The third kappa shape index (κ3) is 2.39. The molecule has 2 nitrogen and oxygen atoms in total. The highest BCUT2D eigenvalue weighted by Crippen LogP contribution is 2.28. The van der Waals surface area contributed by atoms with Gasteiger partial charge in [0.1, 0.15) is 0 Å². The van der Waals surface area contributed by atoms with Gasteiger partial charge >= 0.3 is 0 Å². The molecule has 1 rings (SSSR count). The lowest BCUT2D eigenvalue weighted by molar-refractivity contribution is 0.0991. The molecular weight excluding hydrogens is 226 g/mol. The van der Waals surface area contributed by atoms with Crippen LogP contribution in [0.4, 0.5) is 8.78 Å². The van der Waals surface area contributed by atoms with E-state index in [1.807, 2.05) is 0 Å². The van der Waals surface area contributed by atoms with Gasteiger partial charge in [-0.05, 0) is 19.1 Å². The van der Waals surface area contributed by atoms with E-state index < -0.39 is 17.8 Å². The largest absolute Gasteiger partial charge is 0.298 e. The minimum absolute atomic E-state index is 0.0115. The number of alkyl halides is 2. The van der Waals surface area contributed by atoms with Gasteiger partial charge in [0.2, 0.25) is 0 Å². The molecule has 0 aliphatic rings. The molecule has 0 spiro atoms. The molecule has 1 aromatic carbocycles. The number of halogens is 3. The Labute approximate surface area is 89.8 Å². The van der Waals surface area contributed by atoms with Crippen molar-refractivity contribution in [1.82, 2.24) is 0 Å². The smallest absolute Gasteiger partial charge is 0.264 e. The molecule has 1 aromatic rings. The average Bonchev–Trinajstić information content (AvgIpc) is 2.15. The van der Waals surface area contributed by atoms with Crippen LogP contribution in [0, 0.1) is 0 Å². The number of hydrogen-bond acceptors (Lipinski definition) is 2. The number of Topliss-reactive ketones (excluding diaryl/α,β-unsaturated/α-hetero) is 1. The molecule has 5 heteroatoms. The Hall–Kier alpha value is -1.29. The highest BCUT2D eigenvalue weighted by molar-refractivity contribution is 6.31. The van der Waals surface area contributed by atoms with E-state index in [9.17, 15) is 18.4 Å². The number of carbonyl (C=O) groups excluding carboxylic acids is 2. The molecule has 0 aliphatic heterocycles. The molecule has 0 amide bonds. The van der Waals surface area contributed by atoms with Crippen LogP contribution < -0.4 is 0 Å². The van der Waals surface area contributed by atoms with Crippen LogP contribution in [-0.4, -0.2) is 12.1 Å². The maximum absolute atomic E-state index is 12.6. The summed E-state index contributed by atoms with van der Waals surface area (Å²) in [6.45, 7) is 1.13. The Balaban J connectivity index is 3.54. The molecule has 0 N–H and O–H groups in total. The van der Waals surface area contributed by atoms with Crippen LogP contribution in [0.1, 0.15) is 39.6 Å². The topological polar surface area (TPSA) is 34.1 Å². The average molecular weight is 233 g/mol. The first-order valence-electron chi connectivity index (χ1n) is 4.05. The van der Waals surface area contributed by atoms with Crippen LogP contribution >= 0.6 is 11.6 Å². The minimum atomic E-state index is -2.83. The summed E-state index contributed by atoms with van der Waals surface area (Å²) in [4.78, 5) is 21.7. The molecule has 0 unspecified atom stereocenters. The van der Waals surface area contributed by atoms with Crippen LogP contribution in [0.15, 0.2) is 12.1 Å². The molecule has 0 saturated heterocycles. The first kappa shape index (κ1) is 11.8. The van der Waals surface area contributed by atoms with Gasteiger partial charge in [-0.15, -0.1) is 0 Å². The monoisotopic (exact) mass is 232 g/mol. The number of rotatable bonds is 3. The zero-order valence-corrected chi connectivity index (χ0v) is 8.52. The predicted octanol–water partition coefficient (Wildman–Crippen LogP) is 3.29. The van der Waals surface area contributed by atoms with Gasteiger partial charge in [-0.25, -0.2) is 8.78 Å². The van der Waals surface area contributed by atoms with E-state index in [4.69, 9.17) is 11.6 Å². The summed E-state index contributed by atoms with van der Waals surface area (Å²) in [6, 6.07) is 2.19. The van der Waals surface area contributed by atoms with Crippen LogP contribution in [-0.2, 0) is 0 Å². The van der Waals surface area contributed by atoms with E-state index in [1.54, 1.807) is 0 Å². The van der Waals surface area contributed by atoms with Crippen molar-refractivity contribution in [1.29, 1.82) is 0 Å². The van der Waals surface area contributed by atoms with Crippen molar-refractivity contribution in [2.75, 3.05) is 0 Å². The number of carbonyl (C=O) groups is 2. The molecule has 0 bridgehead atoms. The Bertz CT molecular complexity index is 416. The van der Waals surface area contributed by atoms with E-state index >= 15 is 0 Å². The molecule has 0 aromatic heterocycles. The van der Waals surface area contributed by atoms with Crippen LogP contribution in [0.3, 0.4) is 0 Å². The molecule has 0 saturated carbocycles. The van der Waals surface area contributed by atoms with Crippen molar-refractivity contribution < 1.29 is 18.4 Å². The number of aldehydes is 1. The molecule has 0 aliphatic carbocycles. The molecule has 0 atom stereocenters. The van der Waals surface area contributed by atoms with Crippen molar-refractivity contribution >= 4 is 23.7 Å². The second-order valence-electron chi connectivity index (χ2n) is 2.93. The van der Waals surface area contributed by atoms with E-state index in [-0.39, 0.29) is 16.1 Å². The Morgan fingerprint density at radius 2 is 2.07 bits per heavy atom. The van der Waals surface area contributed by atoms with Gasteiger partial charge in [0.15, 0.2) is 12.1 Å². The van der Waals surface area contributed by atoms with Crippen molar-refractivity contribution in [2.24, 2.45) is 0 Å². The van der Waals surface area contributed by atoms with Crippen LogP contribution in [0.2, 0.25) is 5.02 Å². The van der Waals surface area contributed by atoms with E-state index in [2.05, 4.69) is 0 Å². The van der Waals surface area contributed by atoms with Crippen molar-refractivity contribution in [3.8, 4) is 0 Å². The lowest BCUT2D eigenvalue weighted by Crippen LogP contribution is -2.05. The summed E-state index contributed by atoms with van der Waals surface area (Å²) in [5.41, 5.74) is -0.869. The maximum atomic E-state index is 12.6. The quantitative estimate of drug-likeness (QED) is 0.592. The predicted molar refractivity (Wildman–Crippen MR) is 51.8 cm³/mol. The lowest BCUT2D eigenvalue weighted by Gasteiger charge is -2.09. The fourth-order valence-corrected chi connectivity index (χ4v) is 1.56. The van der Waals surface area contributed by atoms with E-state index in [0.717, 1.165) is 13.0 Å². The molecule has 0 fully saturated rings. The minimum Gasteiger partial charge on any atom is -0.298 e. The Kier molecular flexibility index (Phi) is 3.52. The summed E-state index contributed by atoms with van der Waals surface area (Å²) in [5.74, 6) is -0.580. The molecular formula is C10H7ClF2O2. The summed E-state index contributed by atoms with van der Waals surface area (Å²) in [6.07, 6.45) is -2.49. The molecule has 0 heterocycles. The lowest BCUT2D eigenvalue weighted by atomic mass is 9.99. The van der Waals surface area contributed by atoms with Gasteiger partial charge in [-0.1, -0.05) is 11.6 Å². The van der Waals surface area contributed by atoms with Crippen molar-refractivity contribution in [3.63, 3.8) is 0 Å². The Morgan fingerprint density at radius 1 is 1.47 bits per heavy atom. The third-order valence-corrected chi connectivity index (χ3v) is 2.10. The van der Waals surface area contributed by atoms with Crippen LogP contribution in [0.5, 0.6) is 0 Å². The summed E-state index contributed by atoms with van der Waals surface area (Å²) >= 11 is 5.55. The third-order valence-electron chi connectivity index (χ3n) is 1.88. The van der Waals surface area contributed by atoms with Crippen molar-refractivity contribution in [3.05, 3.63) is 33.8 Å². The van der Waals surface area contributed by atoms with Gasteiger partial charge < -0.3 is 0 Å². The van der Waals surface area contributed by atoms with Crippen LogP contribution in [0.25, 0.3) is 0 Å². The fraction of sp³-hybridized carbons (Fsp3) is 0.200. The summed E-state index contributed by atoms with van der Waals surface area (Å²) in [7, 11) is 0. The normalized spacial score (nSPS) is 10.5. The SMILES string of the molecule is CC(=O)c1c(C=O)cc(Cl)cc1C(F)F. The van der Waals surface area contributed by atoms with E-state index in [1.165, 1.54) is 6.07 Å². The van der Waals surface area contributed by atoms with Gasteiger partial charge in [-0.2, -0.15) is 0 Å². The fourth-order valence-electron chi connectivity index (χ4n) is 1.32. The highest BCUT2D eigenvalue weighted by atomic mass is 35.5. The standard InChI is InChI=1S/C10H7ClF2O2/c1-5(15)9-6(4-14)2-7(11)3-8(9)10(12)13/h2-4,10H,1H3. The number of benzene rings is 1.